The van der Waals surface area contributed by atoms with Gasteiger partial charge >= 0.3 is 0 Å². The standard InChI is InChI=1S/C16H22N2O.ClH/c1-12(2)14-11-13-7-5-6-8-15(13)17-16(14)19-10-9-18(3)4;/h5-8,11-12H,9-10H2,1-4H3;1H. The highest BCUT2D eigenvalue weighted by molar-refractivity contribution is 5.85. The van der Waals surface area contributed by atoms with Gasteiger partial charge in [0.15, 0.2) is 0 Å². The molecular weight excluding hydrogens is 272 g/mol. The third-order valence-corrected chi connectivity index (χ3v) is 3.12. The van der Waals surface area contributed by atoms with Gasteiger partial charge in [-0.15, -0.1) is 12.4 Å². The van der Waals surface area contributed by atoms with Crippen molar-refractivity contribution in [2.45, 2.75) is 19.8 Å². The lowest BCUT2D eigenvalue weighted by molar-refractivity contribution is 0.252. The molecule has 1 aromatic carbocycles. The Labute approximate surface area is 127 Å². The number of halogens is 1. The van der Waals surface area contributed by atoms with Crippen LogP contribution in [0.5, 0.6) is 5.88 Å². The molecule has 0 radical (unpaired) electrons. The van der Waals surface area contributed by atoms with E-state index in [-0.39, 0.29) is 12.4 Å². The van der Waals surface area contributed by atoms with Gasteiger partial charge in [0.1, 0.15) is 6.61 Å². The molecule has 1 heterocycles. The lowest BCUT2D eigenvalue weighted by atomic mass is 10.0. The van der Waals surface area contributed by atoms with Gasteiger partial charge in [-0.3, -0.25) is 0 Å². The molecule has 2 aromatic rings. The van der Waals surface area contributed by atoms with Crippen molar-refractivity contribution in [1.29, 1.82) is 0 Å². The molecule has 0 saturated carbocycles. The first-order valence-corrected chi connectivity index (χ1v) is 6.75. The molecule has 0 unspecified atom stereocenters. The fourth-order valence-electron chi connectivity index (χ4n) is 1.97. The molecule has 1 aromatic heterocycles. The van der Waals surface area contributed by atoms with Crippen molar-refractivity contribution in [2.24, 2.45) is 0 Å². The lowest BCUT2D eigenvalue weighted by Gasteiger charge is -2.15. The molecule has 0 aliphatic carbocycles. The second-order valence-electron chi connectivity index (χ2n) is 5.38. The zero-order valence-electron chi connectivity index (χ0n) is 12.6. The van der Waals surface area contributed by atoms with Crippen LogP contribution in [0.4, 0.5) is 0 Å². The number of hydrogen-bond donors (Lipinski definition) is 0. The fourth-order valence-corrected chi connectivity index (χ4v) is 1.97. The van der Waals surface area contributed by atoms with Crippen LogP contribution in [0.25, 0.3) is 10.9 Å². The summed E-state index contributed by atoms with van der Waals surface area (Å²) in [7, 11) is 4.08. The number of hydrogen-bond acceptors (Lipinski definition) is 3. The van der Waals surface area contributed by atoms with Crippen molar-refractivity contribution in [3.63, 3.8) is 0 Å². The summed E-state index contributed by atoms with van der Waals surface area (Å²) >= 11 is 0. The number of nitrogens with zero attached hydrogens (tertiary/aromatic N) is 2. The van der Waals surface area contributed by atoms with Gasteiger partial charge in [0.2, 0.25) is 5.88 Å². The van der Waals surface area contributed by atoms with Crippen molar-refractivity contribution < 1.29 is 4.74 Å². The largest absolute Gasteiger partial charge is 0.476 e. The Kier molecular flexibility index (Phi) is 6.24. The number of ether oxygens (including phenoxy) is 1. The van der Waals surface area contributed by atoms with E-state index in [1.807, 2.05) is 32.3 Å². The molecule has 0 saturated heterocycles. The van der Waals surface area contributed by atoms with Gasteiger partial charge in [-0.05, 0) is 32.1 Å². The molecule has 20 heavy (non-hydrogen) atoms. The Morgan fingerprint density at radius 1 is 1.20 bits per heavy atom. The monoisotopic (exact) mass is 294 g/mol. The zero-order valence-corrected chi connectivity index (χ0v) is 13.4. The maximum Gasteiger partial charge on any atom is 0.217 e. The number of aromatic nitrogens is 1. The van der Waals surface area contributed by atoms with Crippen LogP contribution < -0.4 is 4.74 Å². The van der Waals surface area contributed by atoms with Crippen LogP contribution in [0.3, 0.4) is 0 Å². The smallest absolute Gasteiger partial charge is 0.217 e. The second kappa shape index (κ2) is 7.46. The average Bonchev–Trinajstić information content (AvgIpc) is 2.37. The zero-order chi connectivity index (χ0) is 13.8. The third-order valence-electron chi connectivity index (χ3n) is 3.12. The highest BCUT2D eigenvalue weighted by Gasteiger charge is 2.11. The molecule has 110 valence electrons. The number of likely N-dealkylation sites (N-methyl/N-ethyl adjacent to an activating group) is 1. The topological polar surface area (TPSA) is 25.4 Å². The summed E-state index contributed by atoms with van der Waals surface area (Å²) in [5, 5.41) is 1.17. The van der Waals surface area contributed by atoms with E-state index in [2.05, 4.69) is 35.9 Å². The highest BCUT2D eigenvalue weighted by atomic mass is 35.5. The van der Waals surface area contributed by atoms with Crippen LogP contribution in [0, 0.1) is 0 Å². The first-order valence-electron chi connectivity index (χ1n) is 6.75. The van der Waals surface area contributed by atoms with E-state index in [4.69, 9.17) is 4.74 Å². The van der Waals surface area contributed by atoms with Gasteiger partial charge in [-0.1, -0.05) is 32.0 Å². The van der Waals surface area contributed by atoms with Gasteiger partial charge in [-0.2, -0.15) is 0 Å². The van der Waals surface area contributed by atoms with Crippen molar-refractivity contribution >= 4 is 23.3 Å². The Morgan fingerprint density at radius 3 is 2.55 bits per heavy atom. The number of pyridine rings is 1. The van der Waals surface area contributed by atoms with Gasteiger partial charge < -0.3 is 9.64 Å². The summed E-state index contributed by atoms with van der Waals surface area (Å²) in [4.78, 5) is 6.76. The highest BCUT2D eigenvalue weighted by Crippen LogP contribution is 2.28. The normalized spacial score (nSPS) is 10.9. The summed E-state index contributed by atoms with van der Waals surface area (Å²) in [6.45, 7) is 5.90. The maximum atomic E-state index is 5.86. The number of benzene rings is 1. The summed E-state index contributed by atoms with van der Waals surface area (Å²) < 4.78 is 5.86. The molecule has 0 fully saturated rings. The van der Waals surface area contributed by atoms with E-state index in [1.165, 1.54) is 10.9 Å². The third kappa shape index (κ3) is 4.09. The minimum Gasteiger partial charge on any atom is -0.476 e. The Morgan fingerprint density at radius 2 is 1.90 bits per heavy atom. The van der Waals surface area contributed by atoms with Crippen molar-refractivity contribution in [3.8, 4) is 5.88 Å². The van der Waals surface area contributed by atoms with Crippen LogP contribution >= 0.6 is 12.4 Å². The Hall–Kier alpha value is -1.32. The van der Waals surface area contributed by atoms with Crippen LogP contribution in [-0.2, 0) is 0 Å². The predicted molar refractivity (Wildman–Crippen MR) is 87.1 cm³/mol. The number of para-hydroxylation sites is 1. The molecule has 3 nitrogen and oxygen atoms in total. The molecule has 0 amide bonds. The van der Waals surface area contributed by atoms with Crippen molar-refractivity contribution in [2.75, 3.05) is 27.2 Å². The van der Waals surface area contributed by atoms with Gasteiger partial charge in [-0.25, -0.2) is 4.98 Å². The first kappa shape index (κ1) is 16.7. The van der Waals surface area contributed by atoms with Crippen molar-refractivity contribution in [3.05, 3.63) is 35.9 Å². The molecule has 0 aliphatic heterocycles. The summed E-state index contributed by atoms with van der Waals surface area (Å²) in [6, 6.07) is 10.4. The van der Waals surface area contributed by atoms with Crippen LogP contribution in [0.15, 0.2) is 30.3 Å². The molecule has 0 spiro atoms. The molecule has 0 N–H and O–H groups in total. The summed E-state index contributed by atoms with van der Waals surface area (Å²) in [6.07, 6.45) is 0. The van der Waals surface area contributed by atoms with Crippen LogP contribution in [-0.4, -0.2) is 37.1 Å². The number of fused-ring (bicyclic) bond motifs is 1. The quantitative estimate of drug-likeness (QED) is 0.840. The van der Waals surface area contributed by atoms with Crippen molar-refractivity contribution in [1.82, 2.24) is 9.88 Å². The van der Waals surface area contributed by atoms with E-state index < -0.39 is 0 Å². The van der Waals surface area contributed by atoms with Crippen LogP contribution in [0.1, 0.15) is 25.3 Å². The van der Waals surface area contributed by atoms with E-state index in [0.29, 0.717) is 12.5 Å². The van der Waals surface area contributed by atoms with Gasteiger partial charge in [0.05, 0.1) is 5.52 Å². The first-order chi connectivity index (χ1) is 9.08. The summed E-state index contributed by atoms with van der Waals surface area (Å²) in [5.41, 5.74) is 2.17. The lowest BCUT2D eigenvalue weighted by Crippen LogP contribution is -2.20. The van der Waals surface area contributed by atoms with E-state index in [9.17, 15) is 0 Å². The minimum atomic E-state index is 0. The Bertz CT molecular complexity index is 555. The Balaban J connectivity index is 0.00000200. The second-order valence-corrected chi connectivity index (χ2v) is 5.38. The molecular formula is C16H23ClN2O. The summed E-state index contributed by atoms with van der Waals surface area (Å²) in [5.74, 6) is 1.18. The molecule has 0 aliphatic rings. The molecule has 2 rings (SSSR count). The maximum absolute atomic E-state index is 5.86. The number of rotatable bonds is 5. The van der Waals surface area contributed by atoms with Crippen LogP contribution in [0.2, 0.25) is 0 Å². The van der Waals surface area contributed by atoms with E-state index >= 15 is 0 Å². The molecule has 0 bridgehead atoms. The van der Waals surface area contributed by atoms with E-state index in [1.54, 1.807) is 0 Å². The SMILES string of the molecule is CC(C)c1cc2ccccc2nc1OCCN(C)C.Cl. The molecule has 4 heteroatoms. The van der Waals surface area contributed by atoms with E-state index in [0.717, 1.165) is 17.9 Å². The van der Waals surface area contributed by atoms with Gasteiger partial charge in [0, 0.05) is 17.5 Å². The molecule has 0 atom stereocenters. The fraction of sp³-hybridized carbons (Fsp3) is 0.438. The van der Waals surface area contributed by atoms with Gasteiger partial charge in [0.25, 0.3) is 0 Å². The minimum absolute atomic E-state index is 0. The predicted octanol–water partition coefficient (Wildman–Crippen LogP) is 3.72. The average molecular weight is 295 g/mol.